The van der Waals surface area contributed by atoms with Crippen LogP contribution in [0.4, 0.5) is 0 Å². The second-order valence-corrected chi connectivity index (χ2v) is 7.53. The lowest BCUT2D eigenvalue weighted by Crippen LogP contribution is -2.58. The molecule has 0 radical (unpaired) electrons. The van der Waals surface area contributed by atoms with Crippen molar-refractivity contribution in [3.05, 3.63) is 16.5 Å². The number of sulfonamides is 1. The van der Waals surface area contributed by atoms with E-state index in [-0.39, 0.29) is 10.8 Å². The molecule has 1 aliphatic heterocycles. The van der Waals surface area contributed by atoms with E-state index in [1.54, 1.807) is 0 Å². The number of nitrogens with zero attached hydrogens (tertiary/aromatic N) is 1. The van der Waals surface area contributed by atoms with Crippen LogP contribution in [0.25, 0.3) is 0 Å². The number of hydrogen-bond acceptors (Lipinski definition) is 5. The lowest BCUT2D eigenvalue weighted by Gasteiger charge is -2.30. The van der Waals surface area contributed by atoms with Crippen molar-refractivity contribution in [2.75, 3.05) is 6.54 Å². The van der Waals surface area contributed by atoms with Crippen molar-refractivity contribution >= 4 is 44.8 Å². The smallest absolute Gasteiger partial charge is 0.253 e. The Labute approximate surface area is 113 Å². The minimum Gasteiger partial charge on any atom is -0.294 e. The first kappa shape index (κ1) is 13.5. The van der Waals surface area contributed by atoms with Gasteiger partial charge in [0.25, 0.3) is 10.0 Å². The Morgan fingerprint density at radius 2 is 2.11 bits per heavy atom. The monoisotopic (exact) mass is 308 g/mol. The van der Waals surface area contributed by atoms with E-state index in [4.69, 9.17) is 11.6 Å². The van der Waals surface area contributed by atoms with Crippen LogP contribution in [0.1, 0.15) is 6.92 Å². The van der Waals surface area contributed by atoms with Crippen LogP contribution in [-0.4, -0.2) is 37.1 Å². The number of carbonyl (C=O) groups is 2. The summed E-state index contributed by atoms with van der Waals surface area (Å²) < 4.78 is 25.7. The fraction of sp³-hybridized carbons (Fsp3) is 0.333. The summed E-state index contributed by atoms with van der Waals surface area (Å²) in [5.74, 6) is -1.26. The van der Waals surface area contributed by atoms with Crippen molar-refractivity contribution in [3.63, 3.8) is 0 Å². The summed E-state index contributed by atoms with van der Waals surface area (Å²) in [6.07, 6.45) is 0. The Morgan fingerprint density at radius 1 is 1.44 bits per heavy atom. The molecule has 1 aromatic rings. The lowest BCUT2D eigenvalue weighted by atomic mass is 10.2. The Hall–Kier alpha value is -0.960. The molecule has 2 amide bonds. The Bertz CT molecular complexity index is 610. The standard InChI is InChI=1S/C9H9ClN2O4S2/c1-5-9(14)11-7(13)4-12(5)18(15,16)8-3-2-6(10)17-8/h2-3,5H,4H2,1H3,(H,11,13,14). The predicted octanol–water partition coefficient (Wildman–Crippen LogP) is 0.437. The topological polar surface area (TPSA) is 83.6 Å². The molecule has 0 spiro atoms. The predicted molar refractivity (Wildman–Crippen MR) is 65.8 cm³/mol. The number of nitrogens with one attached hydrogen (secondary N) is 1. The number of piperazine rings is 1. The molecule has 1 unspecified atom stereocenters. The number of carbonyl (C=O) groups excluding carboxylic acids is 2. The van der Waals surface area contributed by atoms with Crippen molar-refractivity contribution in [2.24, 2.45) is 0 Å². The Morgan fingerprint density at radius 3 is 2.67 bits per heavy atom. The molecule has 9 heteroatoms. The van der Waals surface area contributed by atoms with Crippen molar-refractivity contribution in [2.45, 2.75) is 17.2 Å². The van der Waals surface area contributed by atoms with E-state index < -0.39 is 27.9 Å². The first-order chi connectivity index (χ1) is 8.32. The molecule has 1 aliphatic rings. The Kier molecular flexibility index (Phi) is 3.45. The third kappa shape index (κ3) is 2.28. The van der Waals surface area contributed by atoms with Gasteiger partial charge in [0.15, 0.2) is 0 Å². The third-order valence-electron chi connectivity index (χ3n) is 2.48. The molecule has 0 aliphatic carbocycles. The zero-order chi connectivity index (χ0) is 13.5. The molecule has 1 saturated heterocycles. The zero-order valence-corrected chi connectivity index (χ0v) is 11.6. The molecule has 0 aromatic carbocycles. The summed E-state index contributed by atoms with van der Waals surface area (Å²) >= 11 is 6.57. The van der Waals surface area contributed by atoms with E-state index in [1.165, 1.54) is 19.1 Å². The molecule has 0 bridgehead atoms. The maximum absolute atomic E-state index is 12.2. The summed E-state index contributed by atoms with van der Waals surface area (Å²) in [5.41, 5.74) is 0. The average Bonchev–Trinajstić information content (AvgIpc) is 2.70. The highest BCUT2D eigenvalue weighted by Crippen LogP contribution is 2.29. The second-order valence-electron chi connectivity index (χ2n) is 3.70. The number of amides is 2. The van der Waals surface area contributed by atoms with Gasteiger partial charge in [-0.3, -0.25) is 14.9 Å². The van der Waals surface area contributed by atoms with Crippen molar-refractivity contribution in [3.8, 4) is 0 Å². The van der Waals surface area contributed by atoms with Gasteiger partial charge in [0, 0.05) is 0 Å². The summed E-state index contributed by atoms with van der Waals surface area (Å²) in [6.45, 7) is 1.05. The van der Waals surface area contributed by atoms with E-state index in [9.17, 15) is 18.0 Å². The molecule has 18 heavy (non-hydrogen) atoms. The van der Waals surface area contributed by atoms with E-state index >= 15 is 0 Å². The van der Waals surface area contributed by atoms with E-state index in [0.717, 1.165) is 15.6 Å². The van der Waals surface area contributed by atoms with E-state index in [0.29, 0.717) is 4.34 Å². The van der Waals surface area contributed by atoms with Gasteiger partial charge in [0.1, 0.15) is 10.3 Å². The number of imide groups is 1. The SMILES string of the molecule is CC1C(=O)NC(=O)CN1S(=O)(=O)c1ccc(Cl)s1. The summed E-state index contributed by atoms with van der Waals surface area (Å²) in [6, 6.07) is 1.88. The minimum absolute atomic E-state index is 0.0156. The van der Waals surface area contributed by atoms with Gasteiger partial charge in [-0.2, -0.15) is 4.31 Å². The molecule has 6 nitrogen and oxygen atoms in total. The maximum atomic E-state index is 12.2. The summed E-state index contributed by atoms with van der Waals surface area (Å²) in [5, 5.41) is 2.08. The lowest BCUT2D eigenvalue weighted by molar-refractivity contribution is -0.136. The molecule has 1 fully saturated rings. The molecular formula is C9H9ClN2O4S2. The van der Waals surface area contributed by atoms with Gasteiger partial charge < -0.3 is 0 Å². The van der Waals surface area contributed by atoms with E-state index in [2.05, 4.69) is 5.32 Å². The fourth-order valence-electron chi connectivity index (χ4n) is 1.54. The van der Waals surface area contributed by atoms with Gasteiger partial charge in [-0.05, 0) is 19.1 Å². The summed E-state index contributed by atoms with van der Waals surface area (Å²) in [4.78, 5) is 22.7. The number of thiophene rings is 1. The van der Waals surface area contributed by atoms with Gasteiger partial charge >= 0.3 is 0 Å². The molecule has 2 rings (SSSR count). The van der Waals surface area contributed by atoms with Gasteiger partial charge in [-0.1, -0.05) is 11.6 Å². The van der Waals surface area contributed by atoms with Gasteiger partial charge in [0.2, 0.25) is 11.8 Å². The first-order valence-corrected chi connectivity index (χ1v) is 7.56. The molecule has 1 atom stereocenters. The maximum Gasteiger partial charge on any atom is 0.253 e. The van der Waals surface area contributed by atoms with Crippen LogP contribution in [0.2, 0.25) is 4.34 Å². The minimum atomic E-state index is -3.87. The first-order valence-electron chi connectivity index (χ1n) is 4.93. The van der Waals surface area contributed by atoms with Crippen molar-refractivity contribution in [1.82, 2.24) is 9.62 Å². The van der Waals surface area contributed by atoms with Crippen LogP contribution in [-0.2, 0) is 19.6 Å². The quantitative estimate of drug-likeness (QED) is 0.803. The zero-order valence-electron chi connectivity index (χ0n) is 9.21. The van der Waals surface area contributed by atoms with Crippen LogP contribution in [0.15, 0.2) is 16.3 Å². The highest BCUT2D eigenvalue weighted by molar-refractivity contribution is 7.91. The van der Waals surface area contributed by atoms with Crippen LogP contribution in [0.5, 0.6) is 0 Å². The average molecular weight is 309 g/mol. The van der Waals surface area contributed by atoms with Crippen molar-refractivity contribution < 1.29 is 18.0 Å². The largest absolute Gasteiger partial charge is 0.294 e. The highest BCUT2D eigenvalue weighted by Gasteiger charge is 2.39. The molecule has 0 saturated carbocycles. The molecular weight excluding hydrogens is 300 g/mol. The van der Waals surface area contributed by atoms with Gasteiger partial charge in [0.05, 0.1) is 10.9 Å². The van der Waals surface area contributed by atoms with Crippen LogP contribution >= 0.6 is 22.9 Å². The van der Waals surface area contributed by atoms with Crippen LogP contribution in [0, 0.1) is 0 Å². The molecule has 1 N–H and O–H groups in total. The normalized spacial score (nSPS) is 22.0. The Balaban J connectivity index is 2.40. The van der Waals surface area contributed by atoms with Crippen molar-refractivity contribution in [1.29, 1.82) is 0 Å². The third-order valence-corrected chi connectivity index (χ3v) is 6.10. The number of halogens is 1. The van der Waals surface area contributed by atoms with Gasteiger partial charge in [-0.25, -0.2) is 8.42 Å². The molecule has 98 valence electrons. The fourth-order valence-corrected chi connectivity index (χ4v) is 4.70. The molecule has 1 aromatic heterocycles. The number of hydrogen-bond donors (Lipinski definition) is 1. The summed E-state index contributed by atoms with van der Waals surface area (Å²) in [7, 11) is -3.87. The van der Waals surface area contributed by atoms with Gasteiger partial charge in [-0.15, -0.1) is 11.3 Å². The van der Waals surface area contributed by atoms with E-state index in [1.807, 2.05) is 0 Å². The molecule has 2 heterocycles. The highest BCUT2D eigenvalue weighted by atomic mass is 35.5. The van der Waals surface area contributed by atoms with Crippen LogP contribution in [0.3, 0.4) is 0 Å². The number of rotatable bonds is 2. The van der Waals surface area contributed by atoms with Crippen LogP contribution < -0.4 is 5.32 Å². The second kappa shape index (κ2) is 4.61.